The smallest absolute Gasteiger partial charge is 0.406 e. The Morgan fingerprint density at radius 2 is 1.95 bits per heavy atom. The second-order valence-electron chi connectivity index (χ2n) is 9.42. The number of nitrogens with one attached hydrogen (secondary N) is 1. The Labute approximate surface area is 209 Å². The average molecular weight is 519 g/mol. The molecule has 0 atom stereocenters. The van der Waals surface area contributed by atoms with Gasteiger partial charge in [-0.25, -0.2) is 9.37 Å². The number of H-pyrrole nitrogens is 1. The van der Waals surface area contributed by atoms with Gasteiger partial charge in [-0.15, -0.1) is 13.2 Å². The fourth-order valence-corrected chi connectivity index (χ4v) is 5.29. The molecule has 2 amide bonds. The molecular weight excluding hydrogens is 494 g/mol. The number of anilines is 1. The monoisotopic (exact) mass is 519 g/mol. The van der Waals surface area contributed by atoms with Gasteiger partial charge in [0.2, 0.25) is 0 Å². The molecule has 0 bridgehead atoms. The van der Waals surface area contributed by atoms with Crippen molar-refractivity contribution in [3.63, 3.8) is 0 Å². The Hall–Kier alpha value is -3.83. The number of nitrogen functional groups attached to an aromatic ring is 1. The van der Waals surface area contributed by atoms with E-state index in [0.717, 1.165) is 30.4 Å². The van der Waals surface area contributed by atoms with E-state index in [4.69, 9.17) is 5.73 Å². The number of piperidine rings is 1. The van der Waals surface area contributed by atoms with Crippen LogP contribution in [0, 0.1) is 5.82 Å². The van der Waals surface area contributed by atoms with Gasteiger partial charge in [0.15, 0.2) is 0 Å². The van der Waals surface area contributed by atoms with Crippen molar-refractivity contribution < 1.29 is 31.9 Å². The van der Waals surface area contributed by atoms with Crippen LogP contribution in [0.1, 0.15) is 57.2 Å². The molecule has 196 valence electrons. The number of carbonyl (C=O) groups is 2. The van der Waals surface area contributed by atoms with Crippen molar-refractivity contribution >= 4 is 28.5 Å². The highest BCUT2D eigenvalue weighted by Gasteiger charge is 2.34. The van der Waals surface area contributed by atoms with Crippen molar-refractivity contribution in [2.45, 2.75) is 38.0 Å². The number of aromatic amines is 1. The predicted octanol–water partition coefficient (Wildman–Crippen LogP) is 4.22. The van der Waals surface area contributed by atoms with Gasteiger partial charge in [-0.2, -0.15) is 0 Å². The highest BCUT2D eigenvalue weighted by atomic mass is 19.4. The van der Waals surface area contributed by atoms with Gasteiger partial charge in [0, 0.05) is 55.1 Å². The van der Waals surface area contributed by atoms with Gasteiger partial charge in [-0.05, 0) is 43.7 Å². The number of rotatable bonds is 3. The number of nitrogens with zero attached hydrogens (tertiary/aromatic N) is 3. The van der Waals surface area contributed by atoms with Crippen LogP contribution in [0.3, 0.4) is 0 Å². The summed E-state index contributed by atoms with van der Waals surface area (Å²) in [6.07, 6.45) is -1.41. The topological polar surface area (TPSA) is 105 Å². The van der Waals surface area contributed by atoms with E-state index in [1.54, 1.807) is 16.8 Å². The number of alkyl halides is 3. The fourth-order valence-electron chi connectivity index (χ4n) is 5.29. The number of nitrogens with two attached hydrogens (primary N) is 1. The van der Waals surface area contributed by atoms with Gasteiger partial charge >= 0.3 is 6.36 Å². The van der Waals surface area contributed by atoms with E-state index in [9.17, 15) is 22.8 Å². The fraction of sp³-hybridized carbons (Fsp3) is 0.400. The molecule has 0 aliphatic carbocycles. The maximum Gasteiger partial charge on any atom is 0.573 e. The lowest BCUT2D eigenvalue weighted by atomic mass is 9.86. The maximum atomic E-state index is 15.2. The summed E-state index contributed by atoms with van der Waals surface area (Å²) >= 11 is 0. The summed E-state index contributed by atoms with van der Waals surface area (Å²) in [5, 5.41) is 0.503. The van der Waals surface area contributed by atoms with Crippen LogP contribution >= 0.6 is 0 Å². The Kier molecular flexibility index (Phi) is 6.20. The first-order chi connectivity index (χ1) is 17.5. The second kappa shape index (κ2) is 9.24. The van der Waals surface area contributed by atoms with E-state index in [0.29, 0.717) is 48.0 Å². The molecule has 5 rings (SSSR count). The standard InChI is InChI=1S/C25H25F4N5O3/c1-33-8-2-3-18-20(24(33)36)21-19(16(26)12-31-22(21)32-18)13-6-9-34(10-7-13)23(35)15-5-4-14(11-17(15)30)37-25(27,28)29/h4-5,11-13H,2-3,6-10,30H2,1H3,(H,31,32). The van der Waals surface area contributed by atoms with Crippen LogP contribution in [0.15, 0.2) is 24.4 Å². The molecule has 8 nitrogen and oxygen atoms in total. The lowest BCUT2D eigenvalue weighted by molar-refractivity contribution is -0.274. The van der Waals surface area contributed by atoms with E-state index >= 15 is 4.39 Å². The van der Waals surface area contributed by atoms with E-state index in [2.05, 4.69) is 14.7 Å². The largest absolute Gasteiger partial charge is 0.573 e. The normalized spacial score (nSPS) is 17.2. The van der Waals surface area contributed by atoms with Gasteiger partial charge in [-0.1, -0.05) is 0 Å². The third-order valence-electron chi connectivity index (χ3n) is 7.05. The number of carbonyl (C=O) groups excluding carboxylic acids is 2. The first-order valence-electron chi connectivity index (χ1n) is 11.9. The molecule has 2 aromatic heterocycles. The van der Waals surface area contributed by atoms with Gasteiger partial charge in [0.05, 0.1) is 17.3 Å². The number of hydrogen-bond acceptors (Lipinski definition) is 5. The van der Waals surface area contributed by atoms with Crippen molar-refractivity contribution in [3.8, 4) is 5.75 Å². The van der Waals surface area contributed by atoms with E-state index in [1.165, 1.54) is 6.07 Å². The minimum absolute atomic E-state index is 0.0649. The van der Waals surface area contributed by atoms with Gasteiger partial charge in [0.25, 0.3) is 11.8 Å². The summed E-state index contributed by atoms with van der Waals surface area (Å²) in [5.41, 5.74) is 7.89. The molecule has 2 aliphatic rings. The minimum Gasteiger partial charge on any atom is -0.406 e. The summed E-state index contributed by atoms with van der Waals surface area (Å²) in [5.74, 6) is -1.86. The predicted molar refractivity (Wildman–Crippen MR) is 127 cm³/mol. The quantitative estimate of drug-likeness (QED) is 0.398. The third kappa shape index (κ3) is 4.67. The number of ether oxygens (including phenoxy) is 1. The summed E-state index contributed by atoms with van der Waals surface area (Å²) in [4.78, 5) is 36.7. The molecule has 12 heteroatoms. The van der Waals surface area contributed by atoms with Crippen molar-refractivity contribution in [2.24, 2.45) is 0 Å². The summed E-state index contributed by atoms with van der Waals surface area (Å²) in [7, 11) is 1.72. The number of amides is 2. The van der Waals surface area contributed by atoms with Crippen LogP contribution < -0.4 is 10.5 Å². The van der Waals surface area contributed by atoms with E-state index in [-0.39, 0.29) is 36.2 Å². The van der Waals surface area contributed by atoms with Crippen molar-refractivity contribution in [1.82, 2.24) is 19.8 Å². The maximum absolute atomic E-state index is 15.2. The molecule has 1 fully saturated rings. The number of pyridine rings is 1. The first kappa shape index (κ1) is 24.8. The number of aromatic nitrogens is 2. The molecule has 3 aromatic rings. The Morgan fingerprint density at radius 3 is 2.62 bits per heavy atom. The molecule has 4 heterocycles. The number of hydrogen-bond donors (Lipinski definition) is 2. The molecule has 0 unspecified atom stereocenters. The molecule has 0 spiro atoms. The lowest BCUT2D eigenvalue weighted by Crippen LogP contribution is -2.38. The molecule has 1 aromatic carbocycles. The zero-order chi connectivity index (χ0) is 26.5. The molecular formula is C25H25F4N5O3. The summed E-state index contributed by atoms with van der Waals surface area (Å²) in [6, 6.07) is 3.20. The van der Waals surface area contributed by atoms with Crippen molar-refractivity contribution in [1.29, 1.82) is 0 Å². The van der Waals surface area contributed by atoms with Crippen molar-refractivity contribution in [3.05, 3.63) is 52.6 Å². The number of halogens is 4. The van der Waals surface area contributed by atoms with E-state index in [1.807, 2.05) is 0 Å². The Morgan fingerprint density at radius 1 is 1.22 bits per heavy atom. The van der Waals surface area contributed by atoms with Crippen LogP contribution in [-0.4, -0.2) is 64.6 Å². The highest BCUT2D eigenvalue weighted by molar-refractivity contribution is 6.09. The van der Waals surface area contributed by atoms with E-state index < -0.39 is 23.8 Å². The van der Waals surface area contributed by atoms with Gasteiger partial charge in [-0.3, -0.25) is 9.59 Å². The van der Waals surface area contributed by atoms with Gasteiger partial charge in [0.1, 0.15) is 17.2 Å². The SMILES string of the molecule is CN1CCCc2[nH]c3ncc(F)c(C4CCN(C(=O)c5ccc(OC(F)(F)F)cc5N)CC4)c3c2C1=O. The minimum atomic E-state index is -4.87. The molecule has 0 saturated carbocycles. The van der Waals surface area contributed by atoms with Crippen LogP contribution in [0.25, 0.3) is 11.0 Å². The first-order valence-corrected chi connectivity index (χ1v) is 11.9. The van der Waals surface area contributed by atoms with Gasteiger partial charge < -0.3 is 25.3 Å². The highest BCUT2D eigenvalue weighted by Crippen LogP contribution is 2.38. The van der Waals surface area contributed by atoms with Crippen LogP contribution in [-0.2, 0) is 6.42 Å². The summed E-state index contributed by atoms with van der Waals surface area (Å²) < 4.78 is 56.5. The summed E-state index contributed by atoms with van der Waals surface area (Å²) in [6.45, 7) is 1.18. The number of likely N-dealkylation sites (tertiary alicyclic amines) is 1. The zero-order valence-corrected chi connectivity index (χ0v) is 20.0. The zero-order valence-electron chi connectivity index (χ0n) is 20.0. The second-order valence-corrected chi connectivity index (χ2v) is 9.42. The van der Waals surface area contributed by atoms with Crippen molar-refractivity contribution in [2.75, 3.05) is 32.4 Å². The Bertz CT molecular complexity index is 1380. The van der Waals surface area contributed by atoms with Crippen LogP contribution in [0.2, 0.25) is 0 Å². The number of benzene rings is 1. The lowest BCUT2D eigenvalue weighted by Gasteiger charge is -2.33. The molecule has 1 saturated heterocycles. The van der Waals surface area contributed by atoms with Crippen LogP contribution in [0.4, 0.5) is 23.2 Å². The number of fused-ring (bicyclic) bond motifs is 3. The molecule has 3 N–H and O–H groups in total. The Balaban J connectivity index is 1.38. The average Bonchev–Trinajstić information content (AvgIpc) is 3.13. The molecule has 37 heavy (non-hydrogen) atoms. The number of aryl methyl sites for hydroxylation is 1. The van der Waals surface area contributed by atoms with Crippen LogP contribution in [0.5, 0.6) is 5.75 Å². The molecule has 2 aliphatic heterocycles. The molecule has 0 radical (unpaired) electrons. The third-order valence-corrected chi connectivity index (χ3v) is 7.05.